The maximum Gasteiger partial charge on any atom is 0.254 e. The van der Waals surface area contributed by atoms with Crippen molar-refractivity contribution in [3.05, 3.63) is 48.5 Å². The van der Waals surface area contributed by atoms with Crippen LogP contribution in [0, 0.1) is 0 Å². The zero-order valence-corrected chi connectivity index (χ0v) is 10.4. The molecule has 96 valence electrons. The molecular weight excluding hydrogens is 240 g/mol. The monoisotopic (exact) mass is 254 g/mol. The van der Waals surface area contributed by atoms with Crippen LogP contribution in [-0.2, 0) is 0 Å². The maximum absolute atomic E-state index is 5.39. The highest BCUT2D eigenvalue weighted by atomic mass is 16.5. The molecule has 0 saturated heterocycles. The van der Waals surface area contributed by atoms with Crippen LogP contribution in [0.3, 0.4) is 0 Å². The zero-order chi connectivity index (χ0) is 13.1. The molecule has 0 fully saturated rings. The first-order chi connectivity index (χ1) is 9.38. The number of ether oxygens (including phenoxy) is 1. The molecule has 4 nitrogen and oxygen atoms in total. The highest BCUT2D eigenvalue weighted by molar-refractivity contribution is 5.95. The third-order valence-corrected chi connectivity index (χ3v) is 2.91. The van der Waals surface area contributed by atoms with Gasteiger partial charge in [0, 0.05) is 18.2 Å². The highest BCUT2D eigenvalue weighted by Gasteiger charge is 2.10. The highest BCUT2D eigenvalue weighted by Crippen LogP contribution is 2.30. The molecule has 0 amide bonds. The number of nitrogens with two attached hydrogens (primary N) is 1. The Morgan fingerprint density at radius 3 is 2.84 bits per heavy atom. The molecule has 3 rings (SSSR count). The van der Waals surface area contributed by atoms with E-state index in [1.165, 1.54) is 5.39 Å². The maximum atomic E-state index is 5.39. The molecule has 2 aromatic carbocycles. The Bertz CT molecular complexity index is 686. The molecule has 0 aliphatic heterocycles. The van der Waals surface area contributed by atoms with Crippen molar-refractivity contribution in [1.82, 2.24) is 5.16 Å². The van der Waals surface area contributed by atoms with Gasteiger partial charge in [0.2, 0.25) is 0 Å². The van der Waals surface area contributed by atoms with E-state index in [2.05, 4.69) is 23.4 Å². The molecule has 1 aromatic heterocycles. The van der Waals surface area contributed by atoms with Gasteiger partial charge in [-0.1, -0.05) is 42.5 Å². The van der Waals surface area contributed by atoms with Crippen molar-refractivity contribution >= 4 is 10.8 Å². The molecule has 0 radical (unpaired) electrons. The first-order valence-corrected chi connectivity index (χ1v) is 6.16. The van der Waals surface area contributed by atoms with Gasteiger partial charge in [-0.25, -0.2) is 0 Å². The zero-order valence-electron chi connectivity index (χ0n) is 10.4. The molecule has 3 aromatic rings. The Morgan fingerprint density at radius 2 is 1.95 bits per heavy atom. The number of rotatable bonds is 4. The van der Waals surface area contributed by atoms with Crippen LogP contribution in [0.25, 0.3) is 22.1 Å². The second-order valence-electron chi connectivity index (χ2n) is 4.19. The van der Waals surface area contributed by atoms with Gasteiger partial charge >= 0.3 is 0 Å². The summed E-state index contributed by atoms with van der Waals surface area (Å²) in [6.45, 7) is 0.887. The van der Waals surface area contributed by atoms with Crippen molar-refractivity contribution in [2.75, 3.05) is 13.2 Å². The van der Waals surface area contributed by atoms with Crippen LogP contribution in [0.1, 0.15) is 0 Å². The van der Waals surface area contributed by atoms with Crippen LogP contribution in [0.2, 0.25) is 0 Å². The molecule has 0 spiro atoms. The fourth-order valence-electron chi connectivity index (χ4n) is 2.06. The summed E-state index contributed by atoms with van der Waals surface area (Å²) in [6, 6.07) is 16.0. The fourth-order valence-corrected chi connectivity index (χ4v) is 2.06. The molecule has 0 atom stereocenters. The molecule has 0 saturated carbocycles. The molecule has 1 heterocycles. The van der Waals surface area contributed by atoms with Gasteiger partial charge in [-0.3, -0.25) is 0 Å². The lowest BCUT2D eigenvalue weighted by Crippen LogP contribution is -2.10. The van der Waals surface area contributed by atoms with Crippen molar-refractivity contribution in [3.8, 4) is 17.2 Å². The number of fused-ring (bicyclic) bond motifs is 1. The van der Waals surface area contributed by atoms with Gasteiger partial charge in [0.15, 0.2) is 5.76 Å². The van der Waals surface area contributed by atoms with Gasteiger partial charge in [-0.2, -0.15) is 0 Å². The van der Waals surface area contributed by atoms with E-state index < -0.39 is 0 Å². The minimum atomic E-state index is 0.432. The molecule has 0 aliphatic rings. The van der Waals surface area contributed by atoms with Crippen molar-refractivity contribution < 1.29 is 9.26 Å². The smallest absolute Gasteiger partial charge is 0.254 e. The number of hydrogen-bond acceptors (Lipinski definition) is 4. The van der Waals surface area contributed by atoms with Gasteiger partial charge in [0.05, 0.1) is 0 Å². The van der Waals surface area contributed by atoms with Crippen LogP contribution >= 0.6 is 0 Å². The number of hydrogen-bond donors (Lipinski definition) is 1. The Morgan fingerprint density at radius 1 is 1.11 bits per heavy atom. The number of aromatic nitrogens is 1. The average Bonchev–Trinajstić information content (AvgIpc) is 2.93. The average molecular weight is 254 g/mol. The molecular formula is C15H14N2O2. The van der Waals surface area contributed by atoms with Crippen molar-refractivity contribution in [2.45, 2.75) is 0 Å². The minimum Gasteiger partial charge on any atom is -0.474 e. The first kappa shape index (κ1) is 11.7. The summed E-state index contributed by atoms with van der Waals surface area (Å²) in [5.74, 6) is 1.16. The Labute approximate surface area is 110 Å². The lowest BCUT2D eigenvalue weighted by Gasteiger charge is -2.02. The van der Waals surface area contributed by atoms with Gasteiger partial charge < -0.3 is 15.0 Å². The normalized spacial score (nSPS) is 10.8. The molecule has 4 heteroatoms. The predicted molar refractivity (Wildman–Crippen MR) is 74.0 cm³/mol. The standard InChI is InChI=1S/C15H14N2O2/c16-8-9-18-15-10-14(19-17-15)13-7-3-5-11-4-1-2-6-12(11)13/h1-7,10H,8-9,16H2. The van der Waals surface area contributed by atoms with Crippen molar-refractivity contribution in [2.24, 2.45) is 5.73 Å². The van der Waals surface area contributed by atoms with E-state index in [0.29, 0.717) is 24.8 Å². The van der Waals surface area contributed by atoms with E-state index in [4.69, 9.17) is 15.0 Å². The van der Waals surface area contributed by atoms with E-state index in [0.717, 1.165) is 10.9 Å². The first-order valence-electron chi connectivity index (χ1n) is 6.16. The summed E-state index contributed by atoms with van der Waals surface area (Å²) in [5, 5.41) is 6.18. The Hall–Kier alpha value is -2.33. The van der Waals surface area contributed by atoms with Crippen molar-refractivity contribution in [3.63, 3.8) is 0 Å². The summed E-state index contributed by atoms with van der Waals surface area (Å²) in [6.07, 6.45) is 0. The molecule has 0 bridgehead atoms. The predicted octanol–water partition coefficient (Wildman–Crippen LogP) is 2.83. The lowest BCUT2D eigenvalue weighted by molar-refractivity contribution is 0.288. The fraction of sp³-hybridized carbons (Fsp3) is 0.133. The van der Waals surface area contributed by atoms with Gasteiger partial charge in [-0.15, -0.1) is 0 Å². The van der Waals surface area contributed by atoms with Crippen LogP contribution in [-0.4, -0.2) is 18.3 Å². The van der Waals surface area contributed by atoms with E-state index in [9.17, 15) is 0 Å². The van der Waals surface area contributed by atoms with Crippen LogP contribution < -0.4 is 10.5 Å². The van der Waals surface area contributed by atoms with Crippen molar-refractivity contribution in [1.29, 1.82) is 0 Å². The third kappa shape index (κ3) is 2.30. The molecule has 0 aliphatic carbocycles. The van der Waals surface area contributed by atoms with Crippen LogP contribution in [0.15, 0.2) is 53.1 Å². The topological polar surface area (TPSA) is 61.3 Å². The summed E-state index contributed by atoms with van der Waals surface area (Å²) in [5.41, 5.74) is 6.39. The quantitative estimate of drug-likeness (QED) is 0.777. The molecule has 19 heavy (non-hydrogen) atoms. The van der Waals surface area contributed by atoms with E-state index in [-0.39, 0.29) is 0 Å². The van der Waals surface area contributed by atoms with Crippen LogP contribution in [0.4, 0.5) is 0 Å². The number of benzene rings is 2. The van der Waals surface area contributed by atoms with Gasteiger partial charge in [-0.05, 0) is 15.9 Å². The van der Waals surface area contributed by atoms with Gasteiger partial charge in [0.1, 0.15) is 6.61 Å². The SMILES string of the molecule is NCCOc1cc(-c2cccc3ccccc23)on1. The van der Waals surface area contributed by atoms with Crippen LogP contribution in [0.5, 0.6) is 5.88 Å². The Kier molecular flexibility index (Phi) is 3.16. The summed E-state index contributed by atoms with van der Waals surface area (Å²) in [7, 11) is 0. The van der Waals surface area contributed by atoms with E-state index in [1.807, 2.05) is 24.3 Å². The minimum absolute atomic E-state index is 0.432. The second-order valence-corrected chi connectivity index (χ2v) is 4.19. The summed E-state index contributed by atoms with van der Waals surface area (Å²) >= 11 is 0. The number of nitrogens with zero attached hydrogens (tertiary/aromatic N) is 1. The molecule has 2 N–H and O–H groups in total. The van der Waals surface area contributed by atoms with E-state index >= 15 is 0 Å². The summed E-state index contributed by atoms with van der Waals surface area (Å²) < 4.78 is 10.7. The van der Waals surface area contributed by atoms with Gasteiger partial charge in [0.25, 0.3) is 5.88 Å². The van der Waals surface area contributed by atoms with E-state index in [1.54, 1.807) is 6.07 Å². The largest absolute Gasteiger partial charge is 0.474 e. The molecule has 0 unspecified atom stereocenters. The lowest BCUT2D eigenvalue weighted by atomic mass is 10.0. The third-order valence-electron chi connectivity index (χ3n) is 2.91. The Balaban J connectivity index is 2.02. The summed E-state index contributed by atoms with van der Waals surface area (Å²) in [4.78, 5) is 0. The second kappa shape index (κ2) is 5.12.